The highest BCUT2D eigenvalue weighted by Gasteiger charge is 2.27. The summed E-state index contributed by atoms with van der Waals surface area (Å²) in [6, 6.07) is 8.17. The van der Waals surface area contributed by atoms with E-state index in [1.54, 1.807) is 0 Å². The van der Waals surface area contributed by atoms with Crippen molar-refractivity contribution in [2.45, 2.75) is 31.8 Å². The predicted molar refractivity (Wildman–Crippen MR) is 92.1 cm³/mol. The Morgan fingerprint density at radius 1 is 1.18 bits per heavy atom. The number of ether oxygens (including phenoxy) is 1. The molecule has 0 aliphatic carbocycles. The van der Waals surface area contributed by atoms with Crippen LogP contribution in [0, 0.1) is 0 Å². The molecule has 122 valence electrons. The minimum atomic E-state index is 0.383. The van der Waals surface area contributed by atoms with Crippen LogP contribution in [-0.2, 0) is 4.74 Å². The van der Waals surface area contributed by atoms with Gasteiger partial charge in [0.15, 0.2) is 0 Å². The number of hydrogen-bond donors (Lipinski definition) is 1. The molecule has 1 aromatic carbocycles. The summed E-state index contributed by atoms with van der Waals surface area (Å²) in [4.78, 5) is 2.40. The van der Waals surface area contributed by atoms with Gasteiger partial charge < -0.3 is 19.9 Å². The van der Waals surface area contributed by atoms with Crippen molar-refractivity contribution < 1.29 is 9.22 Å². The van der Waals surface area contributed by atoms with Gasteiger partial charge in [-0.15, -0.1) is 0 Å². The van der Waals surface area contributed by atoms with E-state index < -0.39 is 0 Å². The number of anilines is 2. The Kier molecular flexibility index (Phi) is 4.89. The normalized spacial score (nSPS) is 24.6. The number of quaternary nitrogens is 1. The molecule has 2 saturated heterocycles. The van der Waals surface area contributed by atoms with Crippen LogP contribution in [0.2, 0.25) is 0 Å². The van der Waals surface area contributed by atoms with Crippen molar-refractivity contribution in [1.82, 2.24) is 0 Å². The lowest BCUT2D eigenvalue weighted by molar-refractivity contribution is -0.914. The van der Waals surface area contributed by atoms with E-state index in [2.05, 4.69) is 24.1 Å². The average Bonchev–Trinajstić information content (AvgIpc) is 2.97. The molecule has 4 heteroatoms. The summed E-state index contributed by atoms with van der Waals surface area (Å²) in [6.45, 7) is 6.81. The Bertz CT molecular complexity index is 468. The molecule has 0 saturated carbocycles. The monoisotopic (exact) mass is 304 g/mol. The molecular formula is C18H30N3O+. The summed E-state index contributed by atoms with van der Waals surface area (Å²) in [7, 11) is 2.39. The highest BCUT2D eigenvalue weighted by Crippen LogP contribution is 2.23. The summed E-state index contributed by atoms with van der Waals surface area (Å²) in [5.41, 5.74) is 7.84. The van der Waals surface area contributed by atoms with E-state index in [0.717, 1.165) is 31.8 Å². The van der Waals surface area contributed by atoms with Crippen molar-refractivity contribution in [3.8, 4) is 0 Å². The van der Waals surface area contributed by atoms with Crippen molar-refractivity contribution in [3.63, 3.8) is 0 Å². The zero-order chi connectivity index (χ0) is 15.4. The van der Waals surface area contributed by atoms with Gasteiger partial charge in [0.2, 0.25) is 0 Å². The van der Waals surface area contributed by atoms with Gasteiger partial charge in [0.1, 0.15) is 6.54 Å². The van der Waals surface area contributed by atoms with Crippen molar-refractivity contribution in [2.75, 3.05) is 57.0 Å². The maximum atomic E-state index is 6.16. The second kappa shape index (κ2) is 6.88. The van der Waals surface area contributed by atoms with Crippen LogP contribution in [0.25, 0.3) is 0 Å². The van der Waals surface area contributed by atoms with Crippen LogP contribution in [0.5, 0.6) is 0 Å². The molecule has 2 heterocycles. The Morgan fingerprint density at radius 3 is 2.64 bits per heavy atom. The molecular weight excluding hydrogens is 274 g/mol. The lowest BCUT2D eigenvalue weighted by Crippen LogP contribution is -2.50. The Labute approximate surface area is 134 Å². The molecule has 0 amide bonds. The van der Waals surface area contributed by atoms with E-state index in [-0.39, 0.29) is 0 Å². The van der Waals surface area contributed by atoms with E-state index in [9.17, 15) is 0 Å². The Balaban J connectivity index is 1.42. The van der Waals surface area contributed by atoms with Gasteiger partial charge in [0, 0.05) is 24.5 Å². The molecule has 0 radical (unpaired) electrons. The first-order valence-electron chi connectivity index (χ1n) is 8.70. The van der Waals surface area contributed by atoms with E-state index in [4.69, 9.17) is 10.5 Å². The predicted octanol–water partition coefficient (Wildman–Crippen LogP) is 2.49. The van der Waals surface area contributed by atoms with Gasteiger partial charge in [0.05, 0.1) is 32.8 Å². The standard InChI is InChI=1S/C18H30N3O/c1-21(11-3-2-4-12-21)13-14-22-18-9-10-20(15-18)17-7-5-16(19)6-8-17/h5-8,18H,2-4,9-15,19H2,1H3/q+1. The van der Waals surface area contributed by atoms with Gasteiger partial charge in [-0.25, -0.2) is 0 Å². The molecule has 3 rings (SSSR count). The quantitative estimate of drug-likeness (QED) is 0.671. The number of hydrogen-bond acceptors (Lipinski definition) is 3. The third-order valence-electron chi connectivity index (χ3n) is 5.28. The highest BCUT2D eigenvalue weighted by atomic mass is 16.5. The second-order valence-electron chi connectivity index (χ2n) is 7.17. The molecule has 4 nitrogen and oxygen atoms in total. The van der Waals surface area contributed by atoms with E-state index in [1.165, 1.54) is 49.1 Å². The number of nitrogen functional groups attached to an aromatic ring is 1. The van der Waals surface area contributed by atoms with Gasteiger partial charge in [-0.1, -0.05) is 0 Å². The van der Waals surface area contributed by atoms with Gasteiger partial charge in [-0.3, -0.25) is 0 Å². The molecule has 2 aliphatic heterocycles. The molecule has 1 aromatic rings. The number of likely N-dealkylation sites (N-methyl/N-ethyl adjacent to an activating group) is 1. The van der Waals surface area contributed by atoms with E-state index in [1.807, 2.05) is 12.1 Å². The molecule has 2 aliphatic rings. The van der Waals surface area contributed by atoms with Crippen molar-refractivity contribution in [3.05, 3.63) is 24.3 Å². The lowest BCUT2D eigenvalue weighted by atomic mass is 10.1. The Morgan fingerprint density at radius 2 is 1.91 bits per heavy atom. The number of benzene rings is 1. The zero-order valence-electron chi connectivity index (χ0n) is 13.8. The van der Waals surface area contributed by atoms with Crippen LogP contribution in [0.3, 0.4) is 0 Å². The van der Waals surface area contributed by atoms with Crippen molar-refractivity contribution >= 4 is 11.4 Å². The smallest absolute Gasteiger partial charge is 0.102 e. The summed E-state index contributed by atoms with van der Waals surface area (Å²) in [5, 5.41) is 0. The fourth-order valence-electron chi connectivity index (χ4n) is 3.72. The summed E-state index contributed by atoms with van der Waals surface area (Å²) < 4.78 is 7.37. The van der Waals surface area contributed by atoms with Crippen LogP contribution < -0.4 is 10.6 Å². The van der Waals surface area contributed by atoms with Crippen LogP contribution in [0.4, 0.5) is 11.4 Å². The lowest BCUT2D eigenvalue weighted by Gasteiger charge is -2.37. The first-order chi connectivity index (χ1) is 10.6. The topological polar surface area (TPSA) is 38.5 Å². The van der Waals surface area contributed by atoms with Crippen molar-refractivity contribution in [2.24, 2.45) is 0 Å². The molecule has 1 unspecified atom stereocenters. The molecule has 0 aromatic heterocycles. The second-order valence-corrected chi connectivity index (χ2v) is 7.17. The zero-order valence-corrected chi connectivity index (χ0v) is 13.8. The minimum Gasteiger partial charge on any atom is -0.399 e. The number of rotatable bonds is 5. The number of likely N-dealkylation sites (tertiary alicyclic amines) is 1. The van der Waals surface area contributed by atoms with Crippen molar-refractivity contribution in [1.29, 1.82) is 0 Å². The summed E-state index contributed by atoms with van der Waals surface area (Å²) in [5.74, 6) is 0. The summed E-state index contributed by atoms with van der Waals surface area (Å²) >= 11 is 0. The number of nitrogens with zero attached hydrogens (tertiary/aromatic N) is 2. The number of nitrogens with two attached hydrogens (primary N) is 1. The third kappa shape index (κ3) is 3.93. The molecule has 2 fully saturated rings. The SMILES string of the molecule is C[N+]1(CCOC2CCN(c3ccc(N)cc3)C2)CCCCC1. The van der Waals surface area contributed by atoms with Gasteiger partial charge in [-0.05, 0) is 49.9 Å². The molecule has 2 N–H and O–H groups in total. The maximum absolute atomic E-state index is 6.16. The fourth-order valence-corrected chi connectivity index (χ4v) is 3.72. The molecule has 0 spiro atoms. The highest BCUT2D eigenvalue weighted by molar-refractivity contribution is 5.53. The van der Waals surface area contributed by atoms with E-state index in [0.29, 0.717) is 6.10 Å². The molecule has 1 atom stereocenters. The van der Waals surface area contributed by atoms with Crippen LogP contribution in [-0.4, -0.2) is 57.0 Å². The number of piperidine rings is 1. The first kappa shape index (κ1) is 15.6. The maximum Gasteiger partial charge on any atom is 0.102 e. The third-order valence-corrected chi connectivity index (χ3v) is 5.28. The van der Waals surface area contributed by atoms with Gasteiger partial charge in [0.25, 0.3) is 0 Å². The fraction of sp³-hybridized carbons (Fsp3) is 0.667. The summed E-state index contributed by atoms with van der Waals surface area (Å²) in [6.07, 6.45) is 5.69. The van der Waals surface area contributed by atoms with Crippen LogP contribution in [0.1, 0.15) is 25.7 Å². The first-order valence-corrected chi connectivity index (χ1v) is 8.70. The largest absolute Gasteiger partial charge is 0.399 e. The van der Waals surface area contributed by atoms with Crippen LogP contribution >= 0.6 is 0 Å². The van der Waals surface area contributed by atoms with Gasteiger partial charge in [-0.2, -0.15) is 0 Å². The van der Waals surface area contributed by atoms with Gasteiger partial charge >= 0.3 is 0 Å². The van der Waals surface area contributed by atoms with E-state index >= 15 is 0 Å². The molecule has 0 bridgehead atoms. The molecule has 22 heavy (non-hydrogen) atoms. The minimum absolute atomic E-state index is 0.383. The van der Waals surface area contributed by atoms with Crippen LogP contribution in [0.15, 0.2) is 24.3 Å². The average molecular weight is 304 g/mol. The Hall–Kier alpha value is -1.26.